The van der Waals surface area contributed by atoms with Crippen molar-refractivity contribution in [3.63, 3.8) is 0 Å². The Kier molecular flexibility index (Phi) is 9.15. The summed E-state index contributed by atoms with van der Waals surface area (Å²) < 4.78 is 10.4. The fraction of sp³-hybridized carbons (Fsp3) is 0.632. The lowest BCUT2D eigenvalue weighted by atomic mass is 10.2. The Balaban J connectivity index is 1.59. The monoisotopic (exact) mass is 348 g/mol. The number of ether oxygens (including phenoxy) is 2. The smallest absolute Gasteiger partial charge is 0.191 e. The lowest BCUT2D eigenvalue weighted by Gasteiger charge is -2.20. The molecule has 1 atom stereocenters. The third kappa shape index (κ3) is 7.32. The fourth-order valence-corrected chi connectivity index (χ4v) is 2.92. The number of guanidine groups is 1. The van der Waals surface area contributed by atoms with Crippen LogP contribution in [-0.2, 0) is 9.47 Å². The zero-order chi connectivity index (χ0) is 17.7. The first kappa shape index (κ1) is 19.5. The number of methoxy groups -OCH3 is 1. The Morgan fingerprint density at radius 2 is 2.04 bits per heavy atom. The minimum absolute atomic E-state index is 0.434. The maximum atomic E-state index is 5.46. The summed E-state index contributed by atoms with van der Waals surface area (Å²) in [4.78, 5) is 6.75. The lowest BCUT2D eigenvalue weighted by molar-refractivity contribution is 0.0689. The first-order valence-electron chi connectivity index (χ1n) is 9.17. The predicted molar refractivity (Wildman–Crippen MR) is 103 cm³/mol. The van der Waals surface area contributed by atoms with Gasteiger partial charge in [0.25, 0.3) is 0 Å². The SMILES string of the molecule is CN=C(NCCCCOCCOC)NC1CCN(c2ccccc2)C1. The first-order valence-corrected chi connectivity index (χ1v) is 9.17. The number of rotatable bonds is 10. The molecule has 1 saturated heterocycles. The van der Waals surface area contributed by atoms with Crippen LogP contribution in [-0.4, -0.2) is 65.6 Å². The van der Waals surface area contributed by atoms with Gasteiger partial charge in [-0.3, -0.25) is 4.99 Å². The second-order valence-electron chi connectivity index (χ2n) is 6.22. The Bertz CT molecular complexity index is 495. The van der Waals surface area contributed by atoms with E-state index in [1.54, 1.807) is 7.11 Å². The molecule has 6 heteroatoms. The number of aliphatic imine (C=N–C) groups is 1. The number of unbranched alkanes of at least 4 members (excludes halogenated alkanes) is 1. The van der Waals surface area contributed by atoms with Crippen molar-refractivity contribution < 1.29 is 9.47 Å². The highest BCUT2D eigenvalue weighted by molar-refractivity contribution is 5.80. The molecule has 0 bridgehead atoms. The molecule has 1 aromatic rings. The van der Waals surface area contributed by atoms with Crippen LogP contribution in [0.3, 0.4) is 0 Å². The van der Waals surface area contributed by atoms with Crippen LogP contribution in [0.5, 0.6) is 0 Å². The van der Waals surface area contributed by atoms with E-state index in [1.165, 1.54) is 5.69 Å². The van der Waals surface area contributed by atoms with E-state index in [9.17, 15) is 0 Å². The third-order valence-electron chi connectivity index (χ3n) is 4.31. The van der Waals surface area contributed by atoms with E-state index >= 15 is 0 Å². The molecule has 25 heavy (non-hydrogen) atoms. The van der Waals surface area contributed by atoms with Crippen molar-refractivity contribution in [1.82, 2.24) is 10.6 Å². The summed E-state index contributed by atoms with van der Waals surface area (Å²) in [7, 11) is 3.52. The summed E-state index contributed by atoms with van der Waals surface area (Å²) in [6.45, 7) is 5.12. The van der Waals surface area contributed by atoms with Crippen molar-refractivity contribution in [2.24, 2.45) is 4.99 Å². The van der Waals surface area contributed by atoms with E-state index in [0.717, 1.165) is 51.5 Å². The second kappa shape index (κ2) is 11.7. The Labute approximate surface area is 151 Å². The van der Waals surface area contributed by atoms with Crippen molar-refractivity contribution in [3.8, 4) is 0 Å². The van der Waals surface area contributed by atoms with Crippen molar-refractivity contribution >= 4 is 11.6 Å². The third-order valence-corrected chi connectivity index (χ3v) is 4.31. The summed E-state index contributed by atoms with van der Waals surface area (Å²) in [5, 5.41) is 6.93. The topological polar surface area (TPSA) is 58.1 Å². The number of nitrogens with one attached hydrogen (secondary N) is 2. The molecular formula is C19H32N4O2. The van der Waals surface area contributed by atoms with Gasteiger partial charge in [-0.15, -0.1) is 0 Å². The molecule has 2 rings (SSSR count). The normalized spacial score (nSPS) is 17.8. The van der Waals surface area contributed by atoms with E-state index in [2.05, 4.69) is 50.9 Å². The Hall–Kier alpha value is -1.79. The number of para-hydroxylation sites is 1. The molecule has 0 aromatic heterocycles. The van der Waals surface area contributed by atoms with Gasteiger partial charge in [0.15, 0.2) is 5.96 Å². The summed E-state index contributed by atoms with van der Waals surface area (Å²) >= 11 is 0. The molecule has 0 saturated carbocycles. The molecule has 2 N–H and O–H groups in total. The van der Waals surface area contributed by atoms with Gasteiger partial charge in [0.05, 0.1) is 13.2 Å². The Morgan fingerprint density at radius 1 is 1.20 bits per heavy atom. The number of benzene rings is 1. The van der Waals surface area contributed by atoms with E-state index in [-0.39, 0.29) is 0 Å². The van der Waals surface area contributed by atoms with Gasteiger partial charge < -0.3 is 25.0 Å². The van der Waals surface area contributed by atoms with Crippen LogP contribution in [0.25, 0.3) is 0 Å². The maximum absolute atomic E-state index is 5.46. The Morgan fingerprint density at radius 3 is 2.80 bits per heavy atom. The van der Waals surface area contributed by atoms with Crippen molar-refractivity contribution in [1.29, 1.82) is 0 Å². The van der Waals surface area contributed by atoms with E-state index in [4.69, 9.17) is 9.47 Å². The van der Waals surface area contributed by atoms with Gasteiger partial charge in [0.1, 0.15) is 0 Å². The fourth-order valence-electron chi connectivity index (χ4n) is 2.92. The standard InChI is InChI=1S/C19H32N4O2/c1-20-19(21-11-6-7-13-25-15-14-24-2)22-17-10-12-23(16-17)18-8-4-3-5-9-18/h3-5,8-9,17H,6-7,10-16H2,1-2H3,(H2,20,21,22). The molecule has 1 aromatic carbocycles. The zero-order valence-corrected chi connectivity index (χ0v) is 15.5. The molecule has 1 heterocycles. The first-order chi connectivity index (χ1) is 12.3. The molecule has 140 valence electrons. The highest BCUT2D eigenvalue weighted by Crippen LogP contribution is 2.19. The van der Waals surface area contributed by atoms with Crippen LogP contribution in [0.1, 0.15) is 19.3 Å². The van der Waals surface area contributed by atoms with Crippen LogP contribution in [0, 0.1) is 0 Å². The van der Waals surface area contributed by atoms with E-state index in [0.29, 0.717) is 19.3 Å². The van der Waals surface area contributed by atoms with Gasteiger partial charge in [-0.05, 0) is 31.4 Å². The maximum Gasteiger partial charge on any atom is 0.191 e. The average molecular weight is 348 g/mol. The largest absolute Gasteiger partial charge is 0.382 e. The van der Waals surface area contributed by atoms with Crippen molar-refractivity contribution in [2.45, 2.75) is 25.3 Å². The predicted octanol–water partition coefficient (Wildman–Crippen LogP) is 1.87. The summed E-state index contributed by atoms with van der Waals surface area (Å²) in [5.41, 5.74) is 1.29. The van der Waals surface area contributed by atoms with Crippen LogP contribution < -0.4 is 15.5 Å². The van der Waals surface area contributed by atoms with Gasteiger partial charge >= 0.3 is 0 Å². The van der Waals surface area contributed by atoms with Gasteiger partial charge in [-0.2, -0.15) is 0 Å². The summed E-state index contributed by atoms with van der Waals surface area (Å²) in [6, 6.07) is 11.0. The van der Waals surface area contributed by atoms with Gasteiger partial charge in [-0.1, -0.05) is 18.2 Å². The molecular weight excluding hydrogens is 316 g/mol. The quantitative estimate of drug-likeness (QED) is 0.384. The zero-order valence-electron chi connectivity index (χ0n) is 15.5. The van der Waals surface area contributed by atoms with Crippen LogP contribution in [0.4, 0.5) is 5.69 Å². The molecule has 1 aliphatic heterocycles. The average Bonchev–Trinajstić information content (AvgIpc) is 3.12. The second-order valence-corrected chi connectivity index (χ2v) is 6.22. The number of hydrogen-bond donors (Lipinski definition) is 2. The van der Waals surface area contributed by atoms with Crippen LogP contribution in [0.15, 0.2) is 35.3 Å². The lowest BCUT2D eigenvalue weighted by Crippen LogP contribution is -2.44. The minimum atomic E-state index is 0.434. The molecule has 6 nitrogen and oxygen atoms in total. The molecule has 1 unspecified atom stereocenters. The molecule has 1 fully saturated rings. The molecule has 0 amide bonds. The minimum Gasteiger partial charge on any atom is -0.382 e. The van der Waals surface area contributed by atoms with Crippen LogP contribution in [0.2, 0.25) is 0 Å². The highest BCUT2D eigenvalue weighted by atomic mass is 16.5. The van der Waals surface area contributed by atoms with E-state index < -0.39 is 0 Å². The highest BCUT2D eigenvalue weighted by Gasteiger charge is 2.23. The van der Waals surface area contributed by atoms with E-state index in [1.807, 2.05) is 7.05 Å². The number of hydrogen-bond acceptors (Lipinski definition) is 4. The molecule has 1 aliphatic rings. The molecule has 0 aliphatic carbocycles. The van der Waals surface area contributed by atoms with Crippen molar-refractivity contribution in [2.75, 3.05) is 58.5 Å². The van der Waals surface area contributed by atoms with Crippen LogP contribution >= 0.6 is 0 Å². The van der Waals surface area contributed by atoms with Gasteiger partial charge in [0.2, 0.25) is 0 Å². The number of nitrogens with zero attached hydrogens (tertiary/aromatic N) is 2. The summed E-state index contributed by atoms with van der Waals surface area (Å²) in [6.07, 6.45) is 3.23. The molecule has 0 radical (unpaired) electrons. The number of anilines is 1. The van der Waals surface area contributed by atoms with Gasteiger partial charge in [-0.25, -0.2) is 0 Å². The van der Waals surface area contributed by atoms with Crippen molar-refractivity contribution in [3.05, 3.63) is 30.3 Å². The summed E-state index contributed by atoms with van der Waals surface area (Å²) in [5.74, 6) is 0.889. The van der Waals surface area contributed by atoms with Gasteiger partial charge in [0, 0.05) is 52.1 Å². The molecule has 0 spiro atoms.